The standard InChI is InChI=1S/C26H28N4O6/c1-26(2,3)36-24(31)28-20-12-8-11-19(15-20)27-22-14-13-21(16-23(22)30(33)34)29(4)25(32)35-17-18-9-6-5-7-10-18/h5-16,27H,17H2,1-4H3,(H,28,31). The molecule has 0 aliphatic carbocycles. The highest BCUT2D eigenvalue weighted by Crippen LogP contribution is 2.32. The second kappa shape index (κ2) is 11.2. The van der Waals surface area contributed by atoms with E-state index in [1.807, 2.05) is 30.3 Å². The van der Waals surface area contributed by atoms with Crippen LogP contribution in [0, 0.1) is 10.1 Å². The molecule has 0 unspecified atom stereocenters. The van der Waals surface area contributed by atoms with Crippen molar-refractivity contribution in [3.05, 3.63) is 88.5 Å². The third-order valence-electron chi connectivity index (χ3n) is 4.83. The molecule has 3 aromatic rings. The largest absolute Gasteiger partial charge is 0.444 e. The van der Waals surface area contributed by atoms with Gasteiger partial charge in [-0.3, -0.25) is 20.3 Å². The zero-order valence-corrected chi connectivity index (χ0v) is 20.5. The number of carbonyl (C=O) groups is 2. The van der Waals surface area contributed by atoms with Crippen molar-refractivity contribution < 1.29 is 24.0 Å². The van der Waals surface area contributed by atoms with Crippen molar-refractivity contribution >= 4 is 40.6 Å². The van der Waals surface area contributed by atoms with E-state index in [2.05, 4.69) is 10.6 Å². The number of hydrogen-bond acceptors (Lipinski definition) is 7. The summed E-state index contributed by atoms with van der Waals surface area (Å²) in [6.45, 7) is 5.36. The zero-order chi connectivity index (χ0) is 26.3. The third-order valence-corrected chi connectivity index (χ3v) is 4.83. The summed E-state index contributed by atoms with van der Waals surface area (Å²) in [5.41, 5.74) is 1.41. The van der Waals surface area contributed by atoms with E-state index in [-0.39, 0.29) is 18.0 Å². The summed E-state index contributed by atoms with van der Waals surface area (Å²) in [5, 5.41) is 17.4. The number of nitro benzene ring substituents is 1. The predicted molar refractivity (Wildman–Crippen MR) is 138 cm³/mol. The molecule has 0 saturated heterocycles. The lowest BCUT2D eigenvalue weighted by molar-refractivity contribution is -0.383. The average molecular weight is 493 g/mol. The molecular weight excluding hydrogens is 464 g/mol. The Morgan fingerprint density at radius 3 is 2.33 bits per heavy atom. The van der Waals surface area contributed by atoms with E-state index in [9.17, 15) is 19.7 Å². The molecule has 3 aromatic carbocycles. The number of rotatable bonds is 7. The minimum Gasteiger partial charge on any atom is -0.444 e. The smallest absolute Gasteiger partial charge is 0.414 e. The molecule has 0 spiro atoms. The Labute approximate surface area is 209 Å². The van der Waals surface area contributed by atoms with Gasteiger partial charge in [-0.1, -0.05) is 36.4 Å². The number of nitro groups is 1. The van der Waals surface area contributed by atoms with Gasteiger partial charge in [-0.05, 0) is 56.7 Å². The second-order valence-electron chi connectivity index (χ2n) is 8.89. The Morgan fingerprint density at radius 2 is 1.67 bits per heavy atom. The molecule has 0 fully saturated rings. The van der Waals surface area contributed by atoms with Crippen LogP contribution in [-0.2, 0) is 16.1 Å². The van der Waals surface area contributed by atoms with E-state index >= 15 is 0 Å². The molecule has 3 rings (SSSR count). The van der Waals surface area contributed by atoms with Gasteiger partial charge in [0.1, 0.15) is 17.9 Å². The van der Waals surface area contributed by atoms with Gasteiger partial charge in [0.25, 0.3) is 5.69 Å². The first-order valence-electron chi connectivity index (χ1n) is 11.1. The Balaban J connectivity index is 1.72. The van der Waals surface area contributed by atoms with Gasteiger partial charge in [0.15, 0.2) is 0 Å². The van der Waals surface area contributed by atoms with E-state index in [1.165, 1.54) is 24.1 Å². The van der Waals surface area contributed by atoms with Crippen LogP contribution in [0.3, 0.4) is 0 Å². The molecule has 0 aromatic heterocycles. The van der Waals surface area contributed by atoms with Gasteiger partial charge in [-0.15, -0.1) is 0 Å². The number of benzene rings is 3. The summed E-state index contributed by atoms with van der Waals surface area (Å²) in [6, 6.07) is 20.2. The fraction of sp³-hybridized carbons (Fsp3) is 0.231. The fourth-order valence-corrected chi connectivity index (χ4v) is 3.16. The summed E-state index contributed by atoms with van der Waals surface area (Å²) in [7, 11) is 1.48. The maximum Gasteiger partial charge on any atom is 0.414 e. The molecule has 10 heteroatoms. The van der Waals surface area contributed by atoms with Crippen molar-refractivity contribution in [2.24, 2.45) is 0 Å². The van der Waals surface area contributed by atoms with E-state index < -0.39 is 22.7 Å². The number of anilines is 4. The molecule has 2 amide bonds. The Morgan fingerprint density at radius 1 is 0.972 bits per heavy atom. The van der Waals surface area contributed by atoms with Crippen molar-refractivity contribution in [2.45, 2.75) is 33.0 Å². The minimum atomic E-state index is -0.649. The number of amides is 2. The fourth-order valence-electron chi connectivity index (χ4n) is 3.16. The summed E-state index contributed by atoms with van der Waals surface area (Å²) < 4.78 is 10.5. The number of hydrogen-bond donors (Lipinski definition) is 2. The normalized spacial score (nSPS) is 10.8. The zero-order valence-electron chi connectivity index (χ0n) is 20.5. The van der Waals surface area contributed by atoms with Crippen molar-refractivity contribution in [3.63, 3.8) is 0 Å². The predicted octanol–water partition coefficient (Wildman–Crippen LogP) is 6.46. The molecule has 0 aliphatic heterocycles. The van der Waals surface area contributed by atoms with Crippen LogP contribution in [0.1, 0.15) is 26.3 Å². The van der Waals surface area contributed by atoms with Crippen LogP contribution >= 0.6 is 0 Å². The maximum absolute atomic E-state index is 12.5. The van der Waals surface area contributed by atoms with Crippen molar-refractivity contribution in [1.82, 2.24) is 0 Å². The van der Waals surface area contributed by atoms with Gasteiger partial charge >= 0.3 is 12.2 Å². The summed E-state index contributed by atoms with van der Waals surface area (Å²) in [6.07, 6.45) is -1.26. The molecule has 2 N–H and O–H groups in total. The quantitative estimate of drug-likeness (QED) is 0.287. The van der Waals surface area contributed by atoms with E-state index in [1.54, 1.807) is 51.1 Å². The van der Waals surface area contributed by atoms with Crippen LogP contribution in [-0.4, -0.2) is 29.8 Å². The van der Waals surface area contributed by atoms with Crippen LogP contribution in [0.5, 0.6) is 0 Å². The monoisotopic (exact) mass is 492 g/mol. The molecule has 10 nitrogen and oxygen atoms in total. The summed E-state index contributed by atoms with van der Waals surface area (Å²) in [4.78, 5) is 36.9. The van der Waals surface area contributed by atoms with Crippen LogP contribution in [0.2, 0.25) is 0 Å². The van der Waals surface area contributed by atoms with Gasteiger partial charge < -0.3 is 14.8 Å². The molecule has 0 radical (unpaired) electrons. The first kappa shape index (κ1) is 26.0. The maximum atomic E-state index is 12.5. The van der Waals surface area contributed by atoms with Gasteiger partial charge in [-0.25, -0.2) is 9.59 Å². The highest BCUT2D eigenvalue weighted by molar-refractivity contribution is 5.89. The van der Waals surface area contributed by atoms with Crippen molar-refractivity contribution in [3.8, 4) is 0 Å². The third kappa shape index (κ3) is 7.45. The van der Waals surface area contributed by atoms with E-state index in [0.717, 1.165) is 5.56 Å². The average Bonchev–Trinajstić information content (AvgIpc) is 2.82. The highest BCUT2D eigenvalue weighted by atomic mass is 16.6. The first-order valence-corrected chi connectivity index (χ1v) is 11.1. The first-order chi connectivity index (χ1) is 17.0. The van der Waals surface area contributed by atoms with Gasteiger partial charge in [0.2, 0.25) is 0 Å². The number of nitrogens with one attached hydrogen (secondary N) is 2. The van der Waals surface area contributed by atoms with Crippen molar-refractivity contribution in [1.29, 1.82) is 0 Å². The molecule has 0 aliphatic rings. The number of ether oxygens (including phenoxy) is 2. The number of nitrogens with zero attached hydrogens (tertiary/aromatic N) is 2. The second-order valence-corrected chi connectivity index (χ2v) is 8.89. The topological polar surface area (TPSA) is 123 Å². The lowest BCUT2D eigenvalue weighted by Gasteiger charge is -2.20. The van der Waals surface area contributed by atoms with Crippen LogP contribution < -0.4 is 15.5 Å². The van der Waals surface area contributed by atoms with Gasteiger partial charge in [-0.2, -0.15) is 0 Å². The van der Waals surface area contributed by atoms with Crippen molar-refractivity contribution in [2.75, 3.05) is 22.6 Å². The summed E-state index contributed by atoms with van der Waals surface area (Å²) >= 11 is 0. The lowest BCUT2D eigenvalue weighted by Crippen LogP contribution is -2.27. The lowest BCUT2D eigenvalue weighted by atomic mass is 10.2. The van der Waals surface area contributed by atoms with Gasteiger partial charge in [0.05, 0.1) is 10.6 Å². The Hall–Kier alpha value is -4.60. The molecule has 36 heavy (non-hydrogen) atoms. The summed E-state index contributed by atoms with van der Waals surface area (Å²) in [5.74, 6) is 0. The highest BCUT2D eigenvalue weighted by Gasteiger charge is 2.20. The van der Waals surface area contributed by atoms with Crippen LogP contribution in [0.15, 0.2) is 72.8 Å². The van der Waals surface area contributed by atoms with Gasteiger partial charge in [0, 0.05) is 24.5 Å². The molecule has 0 heterocycles. The molecular formula is C26H28N4O6. The van der Waals surface area contributed by atoms with E-state index in [4.69, 9.17) is 9.47 Å². The van der Waals surface area contributed by atoms with Crippen LogP contribution in [0.4, 0.5) is 38.0 Å². The SMILES string of the molecule is CN(C(=O)OCc1ccccc1)c1ccc(Nc2cccc(NC(=O)OC(C)(C)C)c2)c([N+](=O)[O-])c1. The van der Waals surface area contributed by atoms with E-state index in [0.29, 0.717) is 17.1 Å². The molecule has 0 saturated carbocycles. The molecule has 188 valence electrons. The Kier molecular flexibility index (Phi) is 8.11. The van der Waals surface area contributed by atoms with Crippen LogP contribution in [0.25, 0.3) is 0 Å². The molecule has 0 atom stereocenters. The Bertz CT molecular complexity index is 1240. The minimum absolute atomic E-state index is 0.0828. The molecule has 0 bridgehead atoms. The number of carbonyl (C=O) groups excluding carboxylic acids is 2.